The summed E-state index contributed by atoms with van der Waals surface area (Å²) in [5.41, 5.74) is 2.09. The first-order valence-electron chi connectivity index (χ1n) is 9.58. The van der Waals surface area contributed by atoms with Gasteiger partial charge in [-0.05, 0) is 69.4 Å². The minimum Gasteiger partial charge on any atom is -0.336 e. The van der Waals surface area contributed by atoms with E-state index in [1.807, 2.05) is 6.07 Å². The Kier molecular flexibility index (Phi) is 6.06. The largest absolute Gasteiger partial charge is 0.416 e. The van der Waals surface area contributed by atoms with E-state index in [0.29, 0.717) is 32.4 Å². The molecule has 10 heteroatoms. The number of nitrogens with zero attached hydrogens (tertiary/aromatic N) is 1. The van der Waals surface area contributed by atoms with Gasteiger partial charge in [0.2, 0.25) is 0 Å². The Morgan fingerprint density at radius 2 is 1.55 bits per heavy atom. The first-order chi connectivity index (χ1) is 15.6. The van der Waals surface area contributed by atoms with Gasteiger partial charge in [-0.25, -0.2) is 13.1 Å². The van der Waals surface area contributed by atoms with Gasteiger partial charge in [0, 0.05) is 0 Å². The molecule has 3 aromatic carbocycles. The van der Waals surface area contributed by atoms with E-state index < -0.39 is 21.8 Å². The van der Waals surface area contributed by atoms with E-state index in [-0.39, 0.29) is 10.8 Å². The summed E-state index contributed by atoms with van der Waals surface area (Å²) >= 11 is 3.23. The lowest BCUT2D eigenvalue weighted by atomic mass is 9.94. The first kappa shape index (κ1) is 23.1. The molecule has 0 saturated carbocycles. The monoisotopic (exact) mass is 536 g/mol. The molecule has 1 N–H and O–H groups in total. The number of sulfonamides is 1. The lowest BCUT2D eigenvalue weighted by Gasteiger charge is -2.14. The molecular weight excluding hydrogens is 521 g/mol. The highest BCUT2D eigenvalue weighted by atomic mass is 79.9. The summed E-state index contributed by atoms with van der Waals surface area (Å²) in [5.74, 6) is -0.0550. The average Bonchev–Trinajstić information content (AvgIpc) is 3.10. The molecule has 0 bridgehead atoms. The van der Waals surface area contributed by atoms with Crippen LogP contribution in [0.25, 0.3) is 22.3 Å². The minimum atomic E-state index is -4.45. The van der Waals surface area contributed by atoms with Crippen molar-refractivity contribution in [2.45, 2.75) is 18.0 Å². The normalized spacial score (nSPS) is 12.0. The van der Waals surface area contributed by atoms with Crippen LogP contribution in [0.5, 0.6) is 0 Å². The maximum atomic E-state index is 13.0. The van der Waals surface area contributed by atoms with Crippen LogP contribution < -0.4 is 4.72 Å². The number of benzene rings is 3. The molecule has 0 aliphatic heterocycles. The molecule has 0 aliphatic carbocycles. The van der Waals surface area contributed by atoms with Gasteiger partial charge in [0.15, 0.2) is 0 Å². The van der Waals surface area contributed by atoms with Gasteiger partial charge in [0.25, 0.3) is 15.9 Å². The van der Waals surface area contributed by atoms with Crippen molar-refractivity contribution >= 4 is 31.8 Å². The van der Waals surface area contributed by atoms with Gasteiger partial charge in [-0.2, -0.15) is 13.2 Å². The molecule has 0 aliphatic rings. The SMILES string of the molecule is Cc1noc(NS(=O)(=O)c2ccc(-c3ccc(C(F)(F)F)cc3)c(-c3ccccc3)c2)c1Br. The standard InChI is InChI=1S/C23H16BrF3N2O3S/c1-14-21(24)22(32-28-14)29-33(30,31)18-11-12-19(20(13-18)15-5-3-2-4-6-15)16-7-9-17(10-8-16)23(25,26)27/h2-13,29H,1H3. The second-order valence-corrected chi connectivity index (χ2v) is 9.64. The number of nitrogens with one attached hydrogen (secondary N) is 1. The Hall–Kier alpha value is -3.11. The second kappa shape index (κ2) is 8.68. The zero-order valence-corrected chi connectivity index (χ0v) is 19.4. The van der Waals surface area contributed by atoms with E-state index in [0.717, 1.165) is 12.1 Å². The maximum absolute atomic E-state index is 13.0. The maximum Gasteiger partial charge on any atom is 0.416 e. The molecule has 0 unspecified atom stereocenters. The van der Waals surface area contributed by atoms with Crippen molar-refractivity contribution in [2.75, 3.05) is 4.72 Å². The van der Waals surface area contributed by atoms with Crippen LogP contribution in [0.15, 0.2) is 86.7 Å². The number of anilines is 1. The number of hydrogen-bond donors (Lipinski definition) is 1. The average molecular weight is 537 g/mol. The predicted molar refractivity (Wildman–Crippen MR) is 122 cm³/mol. The van der Waals surface area contributed by atoms with Gasteiger partial charge in [-0.3, -0.25) is 0 Å². The summed E-state index contributed by atoms with van der Waals surface area (Å²) in [6.45, 7) is 1.65. The third-order valence-electron chi connectivity index (χ3n) is 4.93. The number of alkyl halides is 3. The van der Waals surface area contributed by atoms with E-state index in [9.17, 15) is 21.6 Å². The molecule has 0 fully saturated rings. The topological polar surface area (TPSA) is 72.2 Å². The number of rotatable bonds is 5. The second-order valence-electron chi connectivity index (χ2n) is 7.17. The smallest absolute Gasteiger partial charge is 0.336 e. The summed E-state index contributed by atoms with van der Waals surface area (Å²) < 4.78 is 72.7. The highest BCUT2D eigenvalue weighted by Gasteiger charge is 2.30. The molecule has 0 saturated heterocycles. The third-order valence-corrected chi connectivity index (χ3v) is 7.19. The van der Waals surface area contributed by atoms with Crippen molar-refractivity contribution in [3.8, 4) is 22.3 Å². The summed E-state index contributed by atoms with van der Waals surface area (Å²) in [5, 5.41) is 3.71. The Labute approximate surface area is 196 Å². The highest BCUT2D eigenvalue weighted by molar-refractivity contribution is 9.10. The van der Waals surface area contributed by atoms with Crippen LogP contribution in [0.1, 0.15) is 11.3 Å². The Morgan fingerprint density at radius 3 is 2.12 bits per heavy atom. The van der Waals surface area contributed by atoms with E-state index in [2.05, 4.69) is 25.8 Å². The molecule has 0 atom stereocenters. The van der Waals surface area contributed by atoms with E-state index >= 15 is 0 Å². The van der Waals surface area contributed by atoms with Crippen LogP contribution in [0, 0.1) is 6.92 Å². The van der Waals surface area contributed by atoms with Crippen LogP contribution in [0.3, 0.4) is 0 Å². The fourth-order valence-electron chi connectivity index (χ4n) is 3.24. The van der Waals surface area contributed by atoms with Crippen LogP contribution in [0.4, 0.5) is 19.1 Å². The molecule has 4 aromatic rings. The first-order valence-corrected chi connectivity index (χ1v) is 11.9. The van der Waals surface area contributed by atoms with Crippen LogP contribution >= 0.6 is 15.9 Å². The fourth-order valence-corrected chi connectivity index (χ4v) is 4.64. The lowest BCUT2D eigenvalue weighted by Crippen LogP contribution is -2.13. The molecule has 170 valence electrons. The summed E-state index contributed by atoms with van der Waals surface area (Å²) in [4.78, 5) is -0.0435. The highest BCUT2D eigenvalue weighted by Crippen LogP contribution is 2.37. The minimum absolute atomic E-state index is 0.0435. The quantitative estimate of drug-likeness (QED) is 0.301. The number of hydrogen-bond acceptors (Lipinski definition) is 4. The van der Waals surface area contributed by atoms with Gasteiger partial charge in [-0.1, -0.05) is 53.7 Å². The van der Waals surface area contributed by atoms with Crippen molar-refractivity contribution in [1.29, 1.82) is 0 Å². The fraction of sp³-hybridized carbons (Fsp3) is 0.0870. The summed E-state index contributed by atoms with van der Waals surface area (Å²) in [6.07, 6.45) is -4.45. The zero-order chi connectivity index (χ0) is 23.8. The van der Waals surface area contributed by atoms with Crippen LogP contribution in [-0.4, -0.2) is 13.6 Å². The Morgan fingerprint density at radius 1 is 0.909 bits per heavy atom. The number of halogens is 4. The molecule has 0 amide bonds. The van der Waals surface area contributed by atoms with Crippen molar-refractivity contribution < 1.29 is 26.1 Å². The Bertz CT molecular complexity index is 1400. The van der Waals surface area contributed by atoms with E-state index in [4.69, 9.17) is 4.52 Å². The van der Waals surface area contributed by atoms with Crippen LogP contribution in [-0.2, 0) is 16.2 Å². The zero-order valence-electron chi connectivity index (χ0n) is 17.0. The van der Waals surface area contributed by atoms with Gasteiger partial charge in [-0.15, -0.1) is 0 Å². The molecule has 33 heavy (non-hydrogen) atoms. The molecule has 5 nitrogen and oxygen atoms in total. The van der Waals surface area contributed by atoms with E-state index in [1.54, 1.807) is 37.3 Å². The van der Waals surface area contributed by atoms with Crippen molar-refractivity contribution in [1.82, 2.24) is 5.16 Å². The summed E-state index contributed by atoms with van der Waals surface area (Å²) in [6, 6.07) is 18.1. The van der Waals surface area contributed by atoms with E-state index in [1.165, 1.54) is 24.3 Å². The third kappa shape index (κ3) is 4.81. The molecule has 1 heterocycles. The van der Waals surface area contributed by atoms with Gasteiger partial charge >= 0.3 is 6.18 Å². The number of aromatic nitrogens is 1. The van der Waals surface area contributed by atoms with Crippen molar-refractivity contribution in [2.24, 2.45) is 0 Å². The van der Waals surface area contributed by atoms with Crippen molar-refractivity contribution in [3.05, 3.63) is 88.5 Å². The van der Waals surface area contributed by atoms with Gasteiger partial charge in [0.1, 0.15) is 4.47 Å². The number of aryl methyl sites for hydroxylation is 1. The predicted octanol–water partition coefficient (Wildman–Crippen LogP) is 6.90. The van der Waals surface area contributed by atoms with Gasteiger partial charge in [0.05, 0.1) is 16.2 Å². The lowest BCUT2D eigenvalue weighted by molar-refractivity contribution is -0.137. The molecule has 4 rings (SSSR count). The van der Waals surface area contributed by atoms with Crippen molar-refractivity contribution in [3.63, 3.8) is 0 Å². The Balaban J connectivity index is 1.80. The molecule has 0 spiro atoms. The molecular formula is C23H16BrF3N2O3S. The van der Waals surface area contributed by atoms with Crippen LogP contribution in [0.2, 0.25) is 0 Å². The summed E-state index contributed by atoms with van der Waals surface area (Å²) in [7, 11) is -4.04. The molecule has 1 aromatic heterocycles. The molecule has 0 radical (unpaired) electrons. The van der Waals surface area contributed by atoms with Gasteiger partial charge < -0.3 is 4.52 Å².